The highest BCUT2D eigenvalue weighted by atomic mass is 32.2. The van der Waals surface area contributed by atoms with E-state index in [0.717, 1.165) is 75.6 Å². The zero-order chi connectivity index (χ0) is 53.9. The third kappa shape index (κ3) is 12.1. The summed E-state index contributed by atoms with van der Waals surface area (Å²) in [6.45, 7) is 11.5. The molecule has 76 heavy (non-hydrogen) atoms. The molecule has 0 bridgehead atoms. The number of hydrogen-bond donors (Lipinski definition) is 4. The number of benzene rings is 3. The number of ether oxygens (including phenoxy) is 1. The van der Waals surface area contributed by atoms with E-state index < -0.39 is 75.0 Å². The predicted molar refractivity (Wildman–Crippen MR) is 285 cm³/mol. The first kappa shape index (κ1) is 54.1. The van der Waals surface area contributed by atoms with E-state index in [1.54, 1.807) is 28.5 Å². The highest BCUT2D eigenvalue weighted by Crippen LogP contribution is 2.33. The van der Waals surface area contributed by atoms with Crippen molar-refractivity contribution in [2.24, 2.45) is 5.41 Å². The first-order valence-electron chi connectivity index (χ1n) is 25.3. The Kier molecular flexibility index (Phi) is 16.3. The normalized spacial score (nSPS) is 18.0. The van der Waals surface area contributed by atoms with E-state index in [2.05, 4.69) is 35.4 Å². The quantitative estimate of drug-likeness (QED) is 0.0518. The van der Waals surface area contributed by atoms with E-state index in [9.17, 15) is 32.0 Å². The number of thiazole rings is 1. The number of nitrogens with zero attached hydrogens (tertiary/aromatic N) is 6. The number of piperazine rings is 1. The molecular formula is C54H61F3N10O7S2. The summed E-state index contributed by atoms with van der Waals surface area (Å²) in [5.74, 6) is -4.54. The van der Waals surface area contributed by atoms with Crippen LogP contribution in [0.1, 0.15) is 67.2 Å². The summed E-state index contributed by atoms with van der Waals surface area (Å²) < 4.78 is 79.0. The second kappa shape index (κ2) is 22.9. The lowest BCUT2D eigenvalue weighted by Gasteiger charge is -2.36. The predicted octanol–water partition coefficient (Wildman–Crippen LogP) is 6.85. The van der Waals surface area contributed by atoms with Crippen LogP contribution in [0.15, 0.2) is 84.6 Å². The number of rotatable bonds is 18. The molecule has 3 aliphatic rings. The van der Waals surface area contributed by atoms with Crippen LogP contribution in [0.2, 0.25) is 0 Å². The molecular weight excluding hydrogens is 1020 g/mol. The van der Waals surface area contributed by atoms with Gasteiger partial charge in [0.25, 0.3) is 0 Å². The zero-order valence-electron chi connectivity index (χ0n) is 42.7. The minimum atomic E-state index is -4.37. The standard InChI is InChI=1S/C54H61F3N10O7S2/c1-33-49(75-32-61-33)36-9-7-34(8-10-36)27-60-52(70)44-6-5-18-67(44)53(71)50(54(2,3)4)62-45(68)31-74-25-24-64-20-22-65(23-21-64)39-13-11-35(12-14-39)37-26-40-41(29-59-51(40)58-28-37)48(69)46-42(56)15-16-43(47(46)57)63-76(72,73)66-19-17-38(55)30-66/h7-16,26,28-29,32,38,44,50,63H,5-6,17-25,27,30-31H2,1-4H3,(H,58,59)(H,60,70)(H,62,68)/t38-,44+,50-/m1/s1. The molecule has 3 aromatic heterocycles. The van der Waals surface area contributed by atoms with E-state index in [1.165, 1.54) is 6.20 Å². The Bertz CT molecular complexity index is 3210. The molecule has 3 amide bonds. The average Bonchev–Trinajstić information content (AvgIpc) is 4.27. The number of carbonyl (C=O) groups is 4. The van der Waals surface area contributed by atoms with Gasteiger partial charge in [0.05, 0.1) is 33.9 Å². The largest absolute Gasteiger partial charge is 0.370 e. The third-order valence-electron chi connectivity index (χ3n) is 14.2. The number of ketones is 1. The molecule has 3 atom stereocenters. The van der Waals surface area contributed by atoms with Gasteiger partial charge in [-0.1, -0.05) is 57.2 Å². The molecule has 402 valence electrons. The van der Waals surface area contributed by atoms with E-state index in [1.807, 2.05) is 86.5 Å². The van der Waals surface area contributed by atoms with Gasteiger partial charge in [0.1, 0.15) is 36.3 Å². The highest BCUT2D eigenvalue weighted by Gasteiger charge is 2.42. The molecule has 0 unspecified atom stereocenters. The molecule has 6 heterocycles. The van der Waals surface area contributed by atoms with Crippen LogP contribution >= 0.6 is 11.3 Å². The van der Waals surface area contributed by atoms with Crippen LogP contribution < -0.4 is 20.3 Å². The van der Waals surface area contributed by atoms with Gasteiger partial charge in [0.15, 0.2) is 5.82 Å². The maximum Gasteiger partial charge on any atom is 0.301 e. The van der Waals surface area contributed by atoms with Crippen LogP contribution in [0.25, 0.3) is 32.6 Å². The Morgan fingerprint density at radius 3 is 2.33 bits per heavy atom. The topological polar surface area (TPSA) is 202 Å². The van der Waals surface area contributed by atoms with Crippen molar-refractivity contribution in [2.75, 3.05) is 75.2 Å². The first-order chi connectivity index (χ1) is 36.3. The number of carbonyl (C=O) groups excluding carboxylic acids is 4. The SMILES string of the molecule is Cc1ncsc1-c1ccc(CNC(=O)[C@@H]2CCCN2C(=O)[C@@H](NC(=O)COCCN2CCN(c3ccc(-c4cnc5[nH]cc(C(=O)c6c(F)ccc(NS(=O)(=O)N7CC[C@@H](F)C7)c6F)c5c4)cc3)CC2)C(C)(C)C)cc1. The molecule has 3 aromatic carbocycles. The third-order valence-corrected chi connectivity index (χ3v) is 16.6. The smallest absolute Gasteiger partial charge is 0.301 e. The molecule has 3 fully saturated rings. The lowest BCUT2D eigenvalue weighted by molar-refractivity contribution is -0.144. The van der Waals surface area contributed by atoms with Crippen molar-refractivity contribution in [2.45, 2.75) is 71.8 Å². The fraction of sp³-hybridized carbons (Fsp3) is 0.407. The molecule has 3 saturated heterocycles. The maximum atomic E-state index is 15.8. The number of hydrogen-bond acceptors (Lipinski definition) is 12. The van der Waals surface area contributed by atoms with Crippen LogP contribution in [-0.2, 0) is 35.9 Å². The summed E-state index contributed by atoms with van der Waals surface area (Å²) in [4.78, 5) is 73.4. The van der Waals surface area contributed by atoms with E-state index in [0.29, 0.717) is 55.7 Å². The van der Waals surface area contributed by atoms with Crippen molar-refractivity contribution in [1.82, 2.24) is 39.7 Å². The summed E-state index contributed by atoms with van der Waals surface area (Å²) >= 11 is 1.58. The minimum Gasteiger partial charge on any atom is -0.370 e. The van der Waals surface area contributed by atoms with Crippen LogP contribution in [0.5, 0.6) is 0 Å². The lowest BCUT2D eigenvalue weighted by Crippen LogP contribution is -2.58. The monoisotopic (exact) mass is 1080 g/mol. The van der Waals surface area contributed by atoms with Crippen molar-refractivity contribution in [3.8, 4) is 21.6 Å². The summed E-state index contributed by atoms with van der Waals surface area (Å²) in [6.07, 6.45) is 2.76. The Balaban J connectivity index is 0.730. The van der Waals surface area contributed by atoms with Gasteiger partial charge >= 0.3 is 10.2 Å². The van der Waals surface area contributed by atoms with Gasteiger partial charge in [-0.2, -0.15) is 12.7 Å². The number of H-pyrrole nitrogens is 1. The summed E-state index contributed by atoms with van der Waals surface area (Å²) in [6, 6.07) is 17.7. The van der Waals surface area contributed by atoms with Gasteiger partial charge in [0, 0.05) is 93.5 Å². The Morgan fingerprint density at radius 1 is 0.908 bits per heavy atom. The fourth-order valence-corrected chi connectivity index (χ4v) is 11.9. The number of likely N-dealkylation sites (tertiary alicyclic amines) is 1. The molecule has 6 aromatic rings. The number of aromatic nitrogens is 3. The Hall–Kier alpha value is -6.72. The van der Waals surface area contributed by atoms with Crippen molar-refractivity contribution >= 4 is 67.5 Å². The molecule has 4 N–H and O–H groups in total. The van der Waals surface area contributed by atoms with E-state index in [-0.39, 0.29) is 37.0 Å². The van der Waals surface area contributed by atoms with Crippen molar-refractivity contribution in [3.63, 3.8) is 0 Å². The molecule has 17 nitrogen and oxygen atoms in total. The van der Waals surface area contributed by atoms with Gasteiger partial charge in [-0.15, -0.1) is 11.3 Å². The van der Waals surface area contributed by atoms with Crippen molar-refractivity contribution < 1.29 is 45.5 Å². The second-order valence-corrected chi connectivity index (χ2v) is 23.0. The summed E-state index contributed by atoms with van der Waals surface area (Å²) in [5.41, 5.74) is 5.22. The molecule has 9 rings (SSSR count). The van der Waals surface area contributed by atoms with Gasteiger partial charge in [-0.25, -0.2) is 23.1 Å². The number of anilines is 2. The number of alkyl halides is 1. The van der Waals surface area contributed by atoms with Crippen LogP contribution in [0.4, 0.5) is 24.5 Å². The maximum absolute atomic E-state index is 15.8. The van der Waals surface area contributed by atoms with Crippen LogP contribution in [0.3, 0.4) is 0 Å². The molecule has 22 heteroatoms. The van der Waals surface area contributed by atoms with Gasteiger partial charge < -0.3 is 30.2 Å². The fourth-order valence-electron chi connectivity index (χ4n) is 9.87. The van der Waals surface area contributed by atoms with Crippen LogP contribution in [0, 0.1) is 24.0 Å². The van der Waals surface area contributed by atoms with E-state index in [4.69, 9.17) is 4.74 Å². The number of amides is 3. The number of aromatic amines is 1. The molecule has 3 aliphatic heterocycles. The first-order valence-corrected chi connectivity index (χ1v) is 27.6. The Labute approximate surface area is 443 Å². The number of halogens is 3. The number of aryl methyl sites for hydroxylation is 1. The zero-order valence-corrected chi connectivity index (χ0v) is 44.3. The van der Waals surface area contributed by atoms with Gasteiger partial charge in [0.2, 0.25) is 23.5 Å². The molecule has 0 spiro atoms. The summed E-state index contributed by atoms with van der Waals surface area (Å²) in [7, 11) is -4.37. The van der Waals surface area contributed by atoms with Crippen molar-refractivity contribution in [3.05, 3.63) is 119 Å². The summed E-state index contributed by atoms with van der Waals surface area (Å²) in [5, 5.41) is 6.22. The van der Waals surface area contributed by atoms with E-state index >= 15 is 8.78 Å². The second-order valence-electron chi connectivity index (χ2n) is 20.5. The van der Waals surface area contributed by atoms with Crippen molar-refractivity contribution in [1.29, 1.82) is 0 Å². The number of pyridine rings is 1. The molecule has 0 aliphatic carbocycles. The number of nitrogens with one attached hydrogen (secondary N) is 4. The highest BCUT2D eigenvalue weighted by molar-refractivity contribution is 7.90. The van der Waals surface area contributed by atoms with Gasteiger partial charge in [-0.3, -0.25) is 28.8 Å². The van der Waals surface area contributed by atoms with Gasteiger partial charge in [-0.05, 0) is 78.6 Å². The average molecular weight is 1080 g/mol. The van der Waals surface area contributed by atoms with Crippen LogP contribution in [-0.4, -0.2) is 145 Å². The Morgan fingerprint density at radius 2 is 1.64 bits per heavy atom. The number of fused-ring (bicyclic) bond motifs is 1. The lowest BCUT2D eigenvalue weighted by atomic mass is 9.85. The molecule has 0 saturated carbocycles. The molecule has 0 radical (unpaired) electrons. The minimum absolute atomic E-state index is 0.00788.